The molecule has 72 valence electrons. The largest absolute Gasteiger partial charge is 0.416 e. The number of carbonyl (C=O) groups is 1. The highest BCUT2D eigenvalue weighted by Crippen LogP contribution is 2.18. The quantitative estimate of drug-likeness (QED) is 0.650. The normalized spacial score (nSPS) is 14.1. The predicted octanol–water partition coefficient (Wildman–Crippen LogP) is 0.265. The highest BCUT2D eigenvalue weighted by molar-refractivity contribution is 6.27. The number of halogens is 4. The molecule has 12 heavy (non-hydrogen) atoms. The van der Waals surface area contributed by atoms with Gasteiger partial charge in [-0.05, 0) is 0 Å². The Hall–Kier alpha value is -0.490. The molecule has 0 heterocycles. The zero-order valence-corrected chi connectivity index (χ0v) is 6.61. The molecule has 3 nitrogen and oxygen atoms in total. The Kier molecular flexibility index (Phi) is 4.33. The number of hydrogen-bond donors (Lipinski definition) is 2. The van der Waals surface area contributed by atoms with Crippen LogP contribution in [0.3, 0.4) is 0 Å². The molecule has 0 radical (unpaired) electrons. The van der Waals surface area contributed by atoms with Crippen molar-refractivity contribution in [1.29, 1.82) is 0 Å². The van der Waals surface area contributed by atoms with Crippen molar-refractivity contribution < 1.29 is 23.1 Å². The predicted molar refractivity (Wildman–Crippen MR) is 35.8 cm³/mol. The summed E-state index contributed by atoms with van der Waals surface area (Å²) in [7, 11) is 0. The summed E-state index contributed by atoms with van der Waals surface area (Å²) in [6.07, 6.45) is -7.25. The molecule has 0 bridgehead atoms. The van der Waals surface area contributed by atoms with E-state index in [4.69, 9.17) is 16.7 Å². The van der Waals surface area contributed by atoms with Gasteiger partial charge >= 0.3 is 6.18 Å². The molecule has 0 aromatic heterocycles. The van der Waals surface area contributed by atoms with Crippen LogP contribution in [0.5, 0.6) is 0 Å². The van der Waals surface area contributed by atoms with Gasteiger partial charge in [-0.1, -0.05) is 0 Å². The van der Waals surface area contributed by atoms with Crippen LogP contribution in [0.2, 0.25) is 0 Å². The molecule has 0 aliphatic rings. The second kappa shape index (κ2) is 4.51. The van der Waals surface area contributed by atoms with Crippen LogP contribution in [-0.4, -0.2) is 35.7 Å². The van der Waals surface area contributed by atoms with Crippen molar-refractivity contribution >= 4 is 17.5 Å². The smallest absolute Gasteiger partial charge is 0.382 e. The minimum Gasteiger partial charge on any atom is -0.382 e. The molecule has 0 spiro atoms. The van der Waals surface area contributed by atoms with Crippen molar-refractivity contribution in [2.45, 2.75) is 12.3 Å². The molecule has 1 unspecified atom stereocenters. The molecule has 0 saturated carbocycles. The lowest BCUT2D eigenvalue weighted by Gasteiger charge is -2.14. The van der Waals surface area contributed by atoms with Crippen molar-refractivity contribution in [3.63, 3.8) is 0 Å². The molecule has 0 aliphatic heterocycles. The summed E-state index contributed by atoms with van der Waals surface area (Å²) < 4.78 is 34.7. The maximum atomic E-state index is 11.6. The zero-order valence-electron chi connectivity index (χ0n) is 5.86. The molecule has 7 heteroatoms. The molecule has 0 rings (SSSR count). The van der Waals surface area contributed by atoms with E-state index in [9.17, 15) is 18.0 Å². The summed E-state index contributed by atoms with van der Waals surface area (Å²) in [5, 5.41) is 10.1. The van der Waals surface area contributed by atoms with E-state index >= 15 is 0 Å². The van der Waals surface area contributed by atoms with Crippen molar-refractivity contribution in [2.24, 2.45) is 0 Å². The molecule has 1 amide bonds. The van der Waals surface area contributed by atoms with Crippen LogP contribution in [-0.2, 0) is 4.79 Å². The maximum absolute atomic E-state index is 11.6. The first-order chi connectivity index (χ1) is 5.38. The lowest BCUT2D eigenvalue weighted by atomic mass is 10.3. The number of aliphatic hydroxyl groups is 1. The SMILES string of the molecule is O=C(CCl)NCC(O)C(F)(F)F. The van der Waals surface area contributed by atoms with Crippen LogP contribution < -0.4 is 5.32 Å². The van der Waals surface area contributed by atoms with Crippen molar-refractivity contribution in [1.82, 2.24) is 5.32 Å². The summed E-state index contributed by atoms with van der Waals surface area (Å²) in [4.78, 5) is 10.3. The lowest BCUT2D eigenvalue weighted by molar-refractivity contribution is -0.201. The Morgan fingerprint density at radius 3 is 2.42 bits per heavy atom. The average Bonchev–Trinajstić information content (AvgIpc) is 1.97. The van der Waals surface area contributed by atoms with Gasteiger partial charge in [0, 0.05) is 0 Å². The molecule has 0 aliphatic carbocycles. The van der Waals surface area contributed by atoms with Gasteiger partial charge < -0.3 is 10.4 Å². The number of nitrogens with one attached hydrogen (secondary N) is 1. The third kappa shape index (κ3) is 4.40. The second-order valence-corrected chi connectivity index (χ2v) is 2.26. The Morgan fingerprint density at radius 1 is 1.58 bits per heavy atom. The maximum Gasteiger partial charge on any atom is 0.416 e. The average molecular weight is 206 g/mol. The summed E-state index contributed by atoms with van der Waals surface area (Å²) in [6, 6.07) is 0. The van der Waals surface area contributed by atoms with E-state index < -0.39 is 30.6 Å². The van der Waals surface area contributed by atoms with Gasteiger partial charge in [0.25, 0.3) is 0 Å². The molecule has 0 aromatic carbocycles. The van der Waals surface area contributed by atoms with Crippen molar-refractivity contribution in [3.05, 3.63) is 0 Å². The van der Waals surface area contributed by atoms with Crippen LogP contribution in [0.4, 0.5) is 13.2 Å². The number of hydrogen-bond acceptors (Lipinski definition) is 2. The number of aliphatic hydroxyl groups excluding tert-OH is 1. The van der Waals surface area contributed by atoms with Gasteiger partial charge in [-0.2, -0.15) is 13.2 Å². The van der Waals surface area contributed by atoms with E-state index in [1.807, 2.05) is 0 Å². The van der Waals surface area contributed by atoms with E-state index in [2.05, 4.69) is 0 Å². The first kappa shape index (κ1) is 11.5. The van der Waals surface area contributed by atoms with Gasteiger partial charge in [-0.15, -0.1) is 11.6 Å². The molecular formula is C5H7ClF3NO2. The van der Waals surface area contributed by atoms with Crippen LogP contribution in [0.15, 0.2) is 0 Å². The number of amides is 1. The van der Waals surface area contributed by atoms with Crippen LogP contribution >= 0.6 is 11.6 Å². The Morgan fingerprint density at radius 2 is 2.08 bits per heavy atom. The molecule has 1 atom stereocenters. The molecule has 0 fully saturated rings. The monoisotopic (exact) mass is 205 g/mol. The lowest BCUT2D eigenvalue weighted by Crippen LogP contribution is -2.41. The standard InChI is InChI=1S/C5H7ClF3NO2/c6-1-4(12)10-2-3(11)5(7,8)9/h3,11H,1-2H2,(H,10,12). The van der Waals surface area contributed by atoms with Crippen molar-refractivity contribution in [2.75, 3.05) is 12.4 Å². The van der Waals surface area contributed by atoms with E-state index in [1.54, 1.807) is 5.32 Å². The van der Waals surface area contributed by atoms with E-state index in [0.717, 1.165) is 0 Å². The summed E-state index contributed by atoms with van der Waals surface area (Å²) >= 11 is 4.97. The summed E-state index contributed by atoms with van der Waals surface area (Å²) in [5.41, 5.74) is 0. The van der Waals surface area contributed by atoms with E-state index in [1.165, 1.54) is 0 Å². The van der Waals surface area contributed by atoms with Crippen LogP contribution in [0.25, 0.3) is 0 Å². The third-order valence-electron chi connectivity index (χ3n) is 0.992. The van der Waals surface area contributed by atoms with Crippen LogP contribution in [0, 0.1) is 0 Å². The first-order valence-electron chi connectivity index (χ1n) is 2.95. The first-order valence-corrected chi connectivity index (χ1v) is 3.49. The third-order valence-corrected chi connectivity index (χ3v) is 1.23. The summed E-state index contributed by atoms with van der Waals surface area (Å²) in [5.74, 6) is -1.18. The van der Waals surface area contributed by atoms with E-state index in [-0.39, 0.29) is 0 Å². The topological polar surface area (TPSA) is 49.3 Å². The minimum atomic E-state index is -4.71. The van der Waals surface area contributed by atoms with Crippen LogP contribution in [0.1, 0.15) is 0 Å². The van der Waals surface area contributed by atoms with Gasteiger partial charge in [0.15, 0.2) is 6.10 Å². The second-order valence-electron chi connectivity index (χ2n) is 2.00. The van der Waals surface area contributed by atoms with Gasteiger partial charge in [0.2, 0.25) is 5.91 Å². The van der Waals surface area contributed by atoms with Gasteiger partial charge in [-0.3, -0.25) is 4.79 Å². The fourth-order valence-corrected chi connectivity index (χ4v) is 0.468. The van der Waals surface area contributed by atoms with Gasteiger partial charge in [-0.25, -0.2) is 0 Å². The summed E-state index contributed by atoms with van der Waals surface area (Å²) in [6.45, 7) is -0.866. The molecule has 2 N–H and O–H groups in total. The molecular weight excluding hydrogens is 199 g/mol. The van der Waals surface area contributed by atoms with Crippen molar-refractivity contribution in [3.8, 4) is 0 Å². The number of carbonyl (C=O) groups excluding carboxylic acids is 1. The Balaban J connectivity index is 3.72. The Labute approximate surface area is 71.5 Å². The minimum absolute atomic E-state index is 0.426. The Bertz CT molecular complexity index is 161. The fourth-order valence-electron chi connectivity index (χ4n) is 0.373. The molecule has 0 saturated heterocycles. The number of rotatable bonds is 3. The molecule has 0 aromatic rings. The van der Waals surface area contributed by atoms with E-state index in [0.29, 0.717) is 0 Å². The highest BCUT2D eigenvalue weighted by atomic mass is 35.5. The van der Waals surface area contributed by atoms with Gasteiger partial charge in [0.05, 0.1) is 6.54 Å². The number of alkyl halides is 4. The fraction of sp³-hybridized carbons (Fsp3) is 0.800. The highest BCUT2D eigenvalue weighted by Gasteiger charge is 2.38. The zero-order chi connectivity index (χ0) is 9.78. The van der Waals surface area contributed by atoms with Gasteiger partial charge in [0.1, 0.15) is 5.88 Å².